The molecule has 2 N–H and O–H groups in total. The highest BCUT2D eigenvalue weighted by molar-refractivity contribution is 5.92. The maximum atomic E-state index is 11.7. The maximum Gasteiger partial charge on any atom is 0.332 e. The first-order valence-corrected chi connectivity index (χ1v) is 9.39. The number of carboxylic acid groups (broad SMARTS) is 1. The second kappa shape index (κ2) is 7.97. The van der Waals surface area contributed by atoms with Crippen LogP contribution in [-0.4, -0.2) is 40.7 Å². The summed E-state index contributed by atoms with van der Waals surface area (Å²) in [5.74, 6) is -0.227. The van der Waals surface area contributed by atoms with E-state index in [0.29, 0.717) is 23.8 Å². The van der Waals surface area contributed by atoms with Gasteiger partial charge in [0, 0.05) is 13.1 Å². The van der Waals surface area contributed by atoms with Crippen molar-refractivity contribution in [2.45, 2.75) is 25.7 Å². The lowest BCUT2D eigenvalue weighted by molar-refractivity contribution is -0.132. The van der Waals surface area contributed by atoms with Crippen LogP contribution in [0.3, 0.4) is 0 Å². The van der Waals surface area contributed by atoms with Gasteiger partial charge in [-0.25, -0.2) is 4.79 Å². The van der Waals surface area contributed by atoms with Crippen LogP contribution in [0.1, 0.15) is 31.4 Å². The first-order valence-electron chi connectivity index (χ1n) is 9.39. The Morgan fingerprint density at radius 1 is 1.22 bits per heavy atom. The van der Waals surface area contributed by atoms with E-state index in [-0.39, 0.29) is 5.41 Å². The largest absolute Gasteiger partial charge is 0.508 e. The zero-order valence-corrected chi connectivity index (χ0v) is 15.9. The predicted octanol–water partition coefficient (Wildman–Crippen LogP) is 4.16. The molecule has 1 heterocycles. The number of aliphatic carboxylic acids is 1. The molecule has 3 rings (SSSR count). The Morgan fingerprint density at radius 2 is 1.96 bits per heavy atom. The highest BCUT2D eigenvalue weighted by Crippen LogP contribution is 2.40. The lowest BCUT2D eigenvalue weighted by Crippen LogP contribution is -2.48. The van der Waals surface area contributed by atoms with Crippen LogP contribution in [-0.2, 0) is 10.2 Å². The summed E-state index contributed by atoms with van der Waals surface area (Å²) in [6, 6.07) is 17.1. The molecule has 0 unspecified atom stereocenters. The Kier molecular flexibility index (Phi) is 5.66. The number of aromatic hydroxyl groups is 1. The van der Waals surface area contributed by atoms with Crippen LogP contribution in [0.5, 0.6) is 5.75 Å². The van der Waals surface area contributed by atoms with Crippen molar-refractivity contribution in [2.75, 3.05) is 19.6 Å². The average Bonchev–Trinajstić information content (AvgIpc) is 2.65. The SMILES string of the molecule is C[C@H]1CN(C/C(=C\c2ccccc2)C(=O)O)CC[C@@]1(C)c1cccc(O)c1. The summed E-state index contributed by atoms with van der Waals surface area (Å²) < 4.78 is 0. The highest BCUT2D eigenvalue weighted by atomic mass is 16.4. The van der Waals surface area contributed by atoms with Gasteiger partial charge >= 0.3 is 5.97 Å². The minimum absolute atomic E-state index is 0.0260. The summed E-state index contributed by atoms with van der Waals surface area (Å²) in [6.45, 7) is 6.53. The zero-order valence-electron chi connectivity index (χ0n) is 15.9. The van der Waals surface area contributed by atoms with Crippen molar-refractivity contribution >= 4 is 12.0 Å². The summed E-state index contributed by atoms with van der Waals surface area (Å²) in [4.78, 5) is 13.9. The van der Waals surface area contributed by atoms with Crippen molar-refractivity contribution in [3.63, 3.8) is 0 Å². The molecule has 142 valence electrons. The third-order valence-electron chi connectivity index (χ3n) is 5.88. The summed E-state index contributed by atoms with van der Waals surface area (Å²) in [5.41, 5.74) is 2.44. The molecule has 4 nitrogen and oxygen atoms in total. The zero-order chi connectivity index (χ0) is 19.4. The standard InChI is InChI=1S/C23H27NO3/c1-17-15-24(12-11-23(17,2)20-9-6-10-21(25)14-20)16-19(22(26)27)13-18-7-4-3-5-8-18/h3-10,13-14,17,25H,11-12,15-16H2,1-2H3,(H,26,27)/b19-13+/t17-,23+/m0/s1. The average molecular weight is 365 g/mol. The number of hydrogen-bond acceptors (Lipinski definition) is 3. The van der Waals surface area contributed by atoms with Gasteiger partial charge in [0.25, 0.3) is 0 Å². The molecule has 0 bridgehead atoms. The maximum absolute atomic E-state index is 11.7. The van der Waals surface area contributed by atoms with Gasteiger partial charge < -0.3 is 10.2 Å². The van der Waals surface area contributed by atoms with Crippen LogP contribution in [0.4, 0.5) is 0 Å². The van der Waals surface area contributed by atoms with Gasteiger partial charge in [-0.05, 0) is 53.6 Å². The van der Waals surface area contributed by atoms with Gasteiger partial charge in [0.2, 0.25) is 0 Å². The van der Waals surface area contributed by atoms with E-state index in [1.165, 1.54) is 0 Å². The molecule has 0 amide bonds. The summed E-state index contributed by atoms with van der Waals surface area (Å²) in [7, 11) is 0. The normalized spacial score (nSPS) is 23.9. The number of nitrogens with zero attached hydrogens (tertiary/aromatic N) is 1. The van der Waals surface area contributed by atoms with Crippen LogP contribution < -0.4 is 0 Å². The number of phenols is 1. The van der Waals surface area contributed by atoms with Gasteiger partial charge in [-0.15, -0.1) is 0 Å². The second-order valence-corrected chi connectivity index (χ2v) is 7.74. The van der Waals surface area contributed by atoms with Crippen LogP contribution in [0.2, 0.25) is 0 Å². The molecule has 4 heteroatoms. The number of carboxylic acids is 1. The van der Waals surface area contributed by atoms with Crippen LogP contribution in [0.15, 0.2) is 60.2 Å². The van der Waals surface area contributed by atoms with E-state index in [1.54, 1.807) is 12.1 Å². The molecule has 0 aliphatic carbocycles. The molecule has 1 fully saturated rings. The van der Waals surface area contributed by atoms with Crippen molar-refractivity contribution in [3.8, 4) is 5.75 Å². The van der Waals surface area contributed by atoms with E-state index in [1.807, 2.05) is 42.5 Å². The van der Waals surface area contributed by atoms with Gasteiger partial charge in [0.1, 0.15) is 5.75 Å². The third-order valence-corrected chi connectivity index (χ3v) is 5.88. The fourth-order valence-corrected chi connectivity index (χ4v) is 3.92. The molecule has 1 aliphatic rings. The van der Waals surface area contributed by atoms with Gasteiger partial charge in [0.05, 0.1) is 5.57 Å². The third kappa shape index (κ3) is 4.40. The van der Waals surface area contributed by atoms with Crippen molar-refractivity contribution in [3.05, 3.63) is 71.3 Å². The van der Waals surface area contributed by atoms with Gasteiger partial charge in [-0.3, -0.25) is 4.90 Å². The van der Waals surface area contributed by atoms with E-state index in [4.69, 9.17) is 0 Å². The number of benzene rings is 2. The molecule has 2 aromatic carbocycles. The Labute approximate surface area is 160 Å². The number of piperidine rings is 1. The number of rotatable bonds is 5. The Bertz CT molecular complexity index is 831. The van der Waals surface area contributed by atoms with Crippen molar-refractivity contribution < 1.29 is 15.0 Å². The highest BCUT2D eigenvalue weighted by Gasteiger charge is 2.38. The fourth-order valence-electron chi connectivity index (χ4n) is 3.92. The first-order chi connectivity index (χ1) is 12.9. The topological polar surface area (TPSA) is 60.8 Å². The molecule has 2 aromatic rings. The number of carbonyl (C=O) groups is 1. The number of phenolic OH excluding ortho intramolecular Hbond substituents is 1. The smallest absolute Gasteiger partial charge is 0.332 e. The summed E-state index contributed by atoms with van der Waals surface area (Å²) in [6.07, 6.45) is 2.69. The van der Waals surface area contributed by atoms with Crippen molar-refractivity contribution in [1.29, 1.82) is 0 Å². The van der Waals surface area contributed by atoms with E-state index in [2.05, 4.69) is 24.8 Å². The first kappa shape index (κ1) is 19.2. The van der Waals surface area contributed by atoms with Gasteiger partial charge in [0.15, 0.2) is 0 Å². The molecular weight excluding hydrogens is 338 g/mol. The predicted molar refractivity (Wildman–Crippen MR) is 108 cm³/mol. The molecule has 0 spiro atoms. The van der Waals surface area contributed by atoms with Crippen LogP contribution >= 0.6 is 0 Å². The monoisotopic (exact) mass is 365 g/mol. The molecular formula is C23H27NO3. The van der Waals surface area contributed by atoms with E-state index < -0.39 is 5.97 Å². The van der Waals surface area contributed by atoms with Gasteiger partial charge in [-0.1, -0.05) is 56.3 Å². The van der Waals surface area contributed by atoms with Crippen LogP contribution in [0.25, 0.3) is 6.08 Å². The number of likely N-dealkylation sites (tertiary alicyclic amines) is 1. The lowest BCUT2D eigenvalue weighted by Gasteiger charge is -2.45. The molecule has 2 atom stereocenters. The van der Waals surface area contributed by atoms with E-state index in [0.717, 1.165) is 30.6 Å². The Morgan fingerprint density at radius 3 is 2.59 bits per heavy atom. The minimum Gasteiger partial charge on any atom is -0.508 e. The summed E-state index contributed by atoms with van der Waals surface area (Å²) >= 11 is 0. The molecule has 0 aromatic heterocycles. The molecule has 0 radical (unpaired) electrons. The van der Waals surface area contributed by atoms with E-state index in [9.17, 15) is 15.0 Å². The quantitative estimate of drug-likeness (QED) is 0.781. The van der Waals surface area contributed by atoms with Crippen LogP contribution in [0, 0.1) is 5.92 Å². The molecule has 1 saturated heterocycles. The second-order valence-electron chi connectivity index (χ2n) is 7.74. The molecule has 1 aliphatic heterocycles. The van der Waals surface area contributed by atoms with Crippen molar-refractivity contribution in [2.24, 2.45) is 5.92 Å². The van der Waals surface area contributed by atoms with E-state index >= 15 is 0 Å². The Hall–Kier alpha value is -2.59. The Balaban J connectivity index is 1.73. The molecule has 27 heavy (non-hydrogen) atoms. The minimum atomic E-state index is -0.868. The summed E-state index contributed by atoms with van der Waals surface area (Å²) in [5, 5.41) is 19.5. The number of hydrogen-bond donors (Lipinski definition) is 2. The van der Waals surface area contributed by atoms with Crippen molar-refractivity contribution in [1.82, 2.24) is 4.90 Å². The fraction of sp³-hybridized carbons (Fsp3) is 0.348. The lowest BCUT2D eigenvalue weighted by atomic mass is 9.68. The van der Waals surface area contributed by atoms with Gasteiger partial charge in [-0.2, -0.15) is 0 Å². The molecule has 0 saturated carbocycles.